The van der Waals surface area contributed by atoms with Crippen molar-refractivity contribution in [2.75, 3.05) is 37.6 Å². The summed E-state index contributed by atoms with van der Waals surface area (Å²) in [5, 5.41) is 17.4. The summed E-state index contributed by atoms with van der Waals surface area (Å²) >= 11 is 0. The molecule has 5 aliphatic rings. The first-order valence-corrected chi connectivity index (χ1v) is 14.9. The van der Waals surface area contributed by atoms with Gasteiger partial charge in [0.05, 0.1) is 42.8 Å². The monoisotopic (exact) mass is 598 g/mol. The number of allylic oxidation sites excluding steroid dienone is 5. The molecule has 12 nitrogen and oxygen atoms in total. The van der Waals surface area contributed by atoms with Crippen molar-refractivity contribution in [1.29, 1.82) is 5.26 Å². The summed E-state index contributed by atoms with van der Waals surface area (Å²) in [6, 6.07) is 2.37. The van der Waals surface area contributed by atoms with Gasteiger partial charge >= 0.3 is 0 Å². The maximum atomic E-state index is 13.4. The fourth-order valence-corrected chi connectivity index (χ4v) is 6.34. The molecule has 0 saturated carbocycles. The Morgan fingerprint density at radius 3 is 2.82 bits per heavy atom. The molecule has 0 aromatic carbocycles. The fourth-order valence-electron chi connectivity index (χ4n) is 6.34. The number of hydrogen-bond donors (Lipinski definition) is 2. The van der Waals surface area contributed by atoms with Crippen LogP contribution < -0.4 is 15.6 Å². The SMILES string of the molecule is CC1=CCC(NC(=O)C2(C#N)CCN(CC(=O)N3CC4CC3CN4c3ncc(F)cn3)C2)=CC=C1N/N=C/C1C=CN=CC1. The molecule has 6 rings (SSSR count). The molecule has 4 aliphatic heterocycles. The number of halogens is 1. The number of aliphatic imine (C=N–C) groups is 1. The largest absolute Gasteiger partial charge is 0.335 e. The molecule has 1 aliphatic carbocycles. The minimum Gasteiger partial charge on any atom is -0.335 e. The molecule has 3 fully saturated rings. The zero-order chi connectivity index (χ0) is 30.7. The number of piperazine rings is 1. The molecule has 228 valence electrons. The van der Waals surface area contributed by atoms with E-state index in [9.17, 15) is 19.2 Å². The van der Waals surface area contributed by atoms with Gasteiger partial charge in [0.15, 0.2) is 5.82 Å². The van der Waals surface area contributed by atoms with Crippen molar-refractivity contribution in [1.82, 2.24) is 30.5 Å². The van der Waals surface area contributed by atoms with Gasteiger partial charge in [0.1, 0.15) is 5.41 Å². The molecule has 0 radical (unpaired) electrons. The van der Waals surface area contributed by atoms with Crippen LogP contribution in [0.25, 0.3) is 0 Å². The topological polar surface area (TPSA) is 142 Å². The number of fused-ring (bicyclic) bond motifs is 2. The minimum absolute atomic E-state index is 0.0149. The molecule has 2 N–H and O–H groups in total. The van der Waals surface area contributed by atoms with E-state index >= 15 is 0 Å². The highest BCUT2D eigenvalue weighted by atomic mass is 19.1. The Balaban J connectivity index is 1.02. The van der Waals surface area contributed by atoms with E-state index in [2.05, 4.69) is 36.9 Å². The van der Waals surface area contributed by atoms with Crippen LogP contribution in [0.1, 0.15) is 32.6 Å². The summed E-state index contributed by atoms with van der Waals surface area (Å²) in [4.78, 5) is 44.8. The summed E-state index contributed by atoms with van der Waals surface area (Å²) in [5.41, 5.74) is 4.35. The van der Waals surface area contributed by atoms with E-state index < -0.39 is 11.2 Å². The van der Waals surface area contributed by atoms with Crippen LogP contribution in [0.3, 0.4) is 0 Å². The molecule has 44 heavy (non-hydrogen) atoms. The number of nitriles is 1. The lowest BCUT2D eigenvalue weighted by molar-refractivity contribution is -0.134. The highest BCUT2D eigenvalue weighted by molar-refractivity contribution is 5.88. The van der Waals surface area contributed by atoms with Crippen LogP contribution >= 0.6 is 0 Å². The van der Waals surface area contributed by atoms with Crippen molar-refractivity contribution in [3.63, 3.8) is 0 Å². The number of hydrazone groups is 1. The van der Waals surface area contributed by atoms with Gasteiger partial charge in [-0.2, -0.15) is 10.4 Å². The van der Waals surface area contributed by atoms with E-state index in [0.29, 0.717) is 44.1 Å². The predicted octanol–water partition coefficient (Wildman–Crippen LogP) is 2.03. The maximum absolute atomic E-state index is 13.4. The quantitative estimate of drug-likeness (QED) is 0.342. The number of amides is 2. The van der Waals surface area contributed by atoms with Crippen molar-refractivity contribution in [3.8, 4) is 6.07 Å². The van der Waals surface area contributed by atoms with Gasteiger partial charge in [-0.3, -0.25) is 24.9 Å². The molecule has 2 bridgehead atoms. The summed E-state index contributed by atoms with van der Waals surface area (Å²) < 4.78 is 13.2. The molecular weight excluding hydrogens is 563 g/mol. The lowest BCUT2D eigenvalue weighted by atomic mass is 9.87. The first kappa shape index (κ1) is 29.4. The van der Waals surface area contributed by atoms with E-state index in [4.69, 9.17) is 0 Å². The third-order valence-electron chi connectivity index (χ3n) is 8.91. The summed E-state index contributed by atoms with van der Waals surface area (Å²) in [6.45, 7) is 3.95. The van der Waals surface area contributed by atoms with Crippen LogP contribution in [0, 0.1) is 28.5 Å². The van der Waals surface area contributed by atoms with Gasteiger partial charge in [0.2, 0.25) is 17.8 Å². The lowest BCUT2D eigenvalue weighted by Crippen LogP contribution is -2.52. The lowest BCUT2D eigenvalue weighted by Gasteiger charge is -2.35. The van der Waals surface area contributed by atoms with Gasteiger partial charge in [-0.15, -0.1) is 0 Å². The molecule has 1 aromatic heterocycles. The zero-order valence-corrected chi connectivity index (χ0v) is 24.6. The standard InChI is InChI=1S/C31H35FN10O2/c1-21-2-3-24(4-5-27(21)39-37-13-22-6-9-34-10-7-22)38-29(44)31(19-33)8-11-40(20-31)18-28(43)41-16-26-12-25(41)17-42(26)30-35-14-23(32)15-36-30/h2,4-6,9-10,13-15,22,25-26,39H,3,7-8,11-12,16-18,20H2,1H3,(H,38,44)/b37-13+. The van der Waals surface area contributed by atoms with Gasteiger partial charge in [-0.25, -0.2) is 14.4 Å². The van der Waals surface area contributed by atoms with Crippen molar-refractivity contribution in [2.45, 2.75) is 44.7 Å². The molecule has 1 aromatic rings. The van der Waals surface area contributed by atoms with E-state index in [-0.39, 0.29) is 42.9 Å². The van der Waals surface area contributed by atoms with Crippen LogP contribution in [-0.4, -0.2) is 88.8 Å². The second-order valence-electron chi connectivity index (χ2n) is 11.9. The Hall–Kier alpha value is -4.70. The Labute approximate surface area is 255 Å². The van der Waals surface area contributed by atoms with E-state index in [1.807, 2.05) is 58.4 Å². The molecule has 0 spiro atoms. The van der Waals surface area contributed by atoms with Gasteiger partial charge in [-0.1, -0.05) is 12.2 Å². The molecular formula is C31H35FN10O2. The van der Waals surface area contributed by atoms with E-state index in [1.165, 1.54) is 0 Å². The average molecular weight is 599 g/mol. The summed E-state index contributed by atoms with van der Waals surface area (Å²) in [5.74, 6) is -0.174. The van der Waals surface area contributed by atoms with Crippen LogP contribution in [0.5, 0.6) is 0 Å². The van der Waals surface area contributed by atoms with E-state index in [1.54, 1.807) is 6.20 Å². The highest BCUT2D eigenvalue weighted by Crippen LogP contribution is 2.34. The highest BCUT2D eigenvalue weighted by Gasteiger charge is 2.49. The molecule has 13 heteroatoms. The Bertz CT molecular complexity index is 1520. The number of nitrogens with one attached hydrogen (secondary N) is 2. The van der Waals surface area contributed by atoms with Crippen molar-refractivity contribution in [2.24, 2.45) is 21.4 Å². The van der Waals surface area contributed by atoms with Gasteiger partial charge in [0, 0.05) is 62.8 Å². The number of likely N-dealkylation sites (tertiary alicyclic amines) is 2. The van der Waals surface area contributed by atoms with Crippen molar-refractivity contribution >= 4 is 30.2 Å². The van der Waals surface area contributed by atoms with Crippen LogP contribution in [0.4, 0.5) is 10.3 Å². The Morgan fingerprint density at radius 2 is 2.09 bits per heavy atom. The van der Waals surface area contributed by atoms with Crippen LogP contribution in [0.15, 0.2) is 70.0 Å². The summed E-state index contributed by atoms with van der Waals surface area (Å²) in [7, 11) is 0. The third kappa shape index (κ3) is 6.16. The average Bonchev–Trinajstić information content (AvgIpc) is 3.74. The van der Waals surface area contributed by atoms with E-state index in [0.717, 1.165) is 36.5 Å². The van der Waals surface area contributed by atoms with Crippen LogP contribution in [-0.2, 0) is 9.59 Å². The number of anilines is 1. The predicted molar refractivity (Wildman–Crippen MR) is 162 cm³/mol. The van der Waals surface area contributed by atoms with Crippen LogP contribution in [0.2, 0.25) is 0 Å². The number of rotatable bonds is 8. The number of carbonyl (C=O) groups is 2. The first-order chi connectivity index (χ1) is 21.3. The maximum Gasteiger partial charge on any atom is 0.245 e. The normalized spacial score (nSPS) is 28.0. The molecule has 4 unspecified atom stereocenters. The number of carbonyl (C=O) groups excluding carboxylic acids is 2. The van der Waals surface area contributed by atoms with Gasteiger partial charge in [-0.05, 0) is 43.9 Å². The Kier molecular flexibility index (Phi) is 8.34. The number of aromatic nitrogens is 2. The smallest absolute Gasteiger partial charge is 0.245 e. The second kappa shape index (κ2) is 12.5. The third-order valence-corrected chi connectivity index (χ3v) is 8.91. The zero-order valence-electron chi connectivity index (χ0n) is 24.6. The Morgan fingerprint density at radius 1 is 1.25 bits per heavy atom. The molecule has 4 atom stereocenters. The minimum atomic E-state index is -1.24. The number of hydrogen-bond acceptors (Lipinski definition) is 10. The summed E-state index contributed by atoms with van der Waals surface area (Å²) in [6.07, 6.45) is 18.0. The first-order valence-electron chi connectivity index (χ1n) is 14.9. The second-order valence-corrected chi connectivity index (χ2v) is 11.9. The van der Waals surface area contributed by atoms with Crippen molar-refractivity contribution < 1.29 is 14.0 Å². The van der Waals surface area contributed by atoms with Crippen molar-refractivity contribution in [3.05, 3.63) is 65.7 Å². The van der Waals surface area contributed by atoms with Gasteiger partial charge in [0.25, 0.3) is 0 Å². The molecule has 5 heterocycles. The van der Waals surface area contributed by atoms with Gasteiger partial charge < -0.3 is 15.1 Å². The number of nitrogens with zero attached hydrogens (tertiary/aromatic N) is 8. The fraction of sp³-hybridized carbons (Fsp3) is 0.452. The molecule has 3 saturated heterocycles. The molecule has 2 amide bonds.